The van der Waals surface area contributed by atoms with Crippen molar-refractivity contribution in [2.75, 3.05) is 16.8 Å². The van der Waals surface area contributed by atoms with Gasteiger partial charge < -0.3 is 11.1 Å². The van der Waals surface area contributed by atoms with Crippen LogP contribution in [0.5, 0.6) is 0 Å². The van der Waals surface area contributed by atoms with Crippen molar-refractivity contribution in [1.82, 2.24) is 23.9 Å². The van der Waals surface area contributed by atoms with Crippen molar-refractivity contribution in [2.24, 2.45) is 7.05 Å². The van der Waals surface area contributed by atoms with Crippen LogP contribution in [-0.4, -0.2) is 41.3 Å². The van der Waals surface area contributed by atoms with Crippen LogP contribution in [-0.2, 0) is 18.4 Å². The lowest BCUT2D eigenvalue weighted by Crippen LogP contribution is -2.42. The van der Waals surface area contributed by atoms with E-state index in [-0.39, 0.29) is 29.0 Å². The molecule has 1 fully saturated rings. The molecule has 0 bridgehead atoms. The SMILES string of the molecule is CCCn1c(N)c(C(=O)CSc2nnc(C3CC3)n2-c2cccc(NC(C)=O)c2)c(=O)n(C)c1=O. The maximum Gasteiger partial charge on any atom is 0.332 e. The molecule has 1 amide bonds. The van der Waals surface area contributed by atoms with Gasteiger partial charge in [-0.1, -0.05) is 24.8 Å². The Bertz CT molecular complexity index is 1420. The van der Waals surface area contributed by atoms with Gasteiger partial charge in [-0.3, -0.25) is 28.1 Å². The molecule has 2 heterocycles. The fraction of sp³-hybridized carbons (Fsp3) is 0.391. The predicted molar refractivity (Wildman–Crippen MR) is 133 cm³/mol. The van der Waals surface area contributed by atoms with Crippen LogP contribution in [0.3, 0.4) is 0 Å². The predicted octanol–water partition coefficient (Wildman–Crippen LogP) is 1.93. The third-order valence-corrected chi connectivity index (χ3v) is 6.60. The molecule has 1 saturated carbocycles. The molecular formula is C23H27N7O4S. The Balaban J connectivity index is 1.66. The summed E-state index contributed by atoms with van der Waals surface area (Å²) in [7, 11) is 1.33. The van der Waals surface area contributed by atoms with Gasteiger partial charge in [0, 0.05) is 32.1 Å². The first-order chi connectivity index (χ1) is 16.7. The van der Waals surface area contributed by atoms with E-state index in [9.17, 15) is 19.2 Å². The number of nitrogen functional groups attached to an aromatic ring is 1. The first kappa shape index (κ1) is 24.5. The number of ketones is 1. The molecule has 0 atom stereocenters. The molecular weight excluding hydrogens is 470 g/mol. The van der Waals surface area contributed by atoms with E-state index in [0.717, 1.165) is 40.7 Å². The Morgan fingerprint density at radius 1 is 1.23 bits per heavy atom. The first-order valence-corrected chi connectivity index (χ1v) is 12.3. The lowest BCUT2D eigenvalue weighted by Gasteiger charge is -2.14. The van der Waals surface area contributed by atoms with E-state index in [1.807, 2.05) is 29.7 Å². The number of rotatable bonds is 9. The highest BCUT2D eigenvalue weighted by molar-refractivity contribution is 7.99. The molecule has 4 rings (SSSR count). The van der Waals surface area contributed by atoms with Crippen molar-refractivity contribution in [1.29, 1.82) is 0 Å². The minimum Gasteiger partial charge on any atom is -0.384 e. The van der Waals surface area contributed by atoms with Crippen LogP contribution in [0.25, 0.3) is 5.69 Å². The lowest BCUT2D eigenvalue weighted by atomic mass is 10.2. The third kappa shape index (κ3) is 4.92. The van der Waals surface area contributed by atoms with Crippen LogP contribution in [0.2, 0.25) is 0 Å². The second kappa shape index (κ2) is 9.90. The van der Waals surface area contributed by atoms with Crippen molar-refractivity contribution in [3.05, 3.63) is 56.5 Å². The number of aromatic nitrogens is 5. The third-order valence-electron chi connectivity index (χ3n) is 5.67. The van der Waals surface area contributed by atoms with E-state index < -0.39 is 17.0 Å². The maximum atomic E-state index is 13.1. The molecule has 0 unspecified atom stereocenters. The molecule has 1 aliphatic carbocycles. The molecule has 0 aliphatic heterocycles. The summed E-state index contributed by atoms with van der Waals surface area (Å²) in [6.07, 6.45) is 2.62. The number of carbonyl (C=O) groups is 2. The smallest absolute Gasteiger partial charge is 0.332 e. The van der Waals surface area contributed by atoms with Gasteiger partial charge in [0.2, 0.25) is 5.91 Å². The van der Waals surface area contributed by atoms with Gasteiger partial charge in [0.15, 0.2) is 10.9 Å². The standard InChI is InChI=1S/C23H27N7O4S/c1-4-10-29-19(24)18(21(33)28(3)23(29)34)17(32)12-35-22-27-26-20(14-8-9-14)30(22)16-7-5-6-15(11-16)25-13(2)31/h5-7,11,14H,4,8-10,12,24H2,1-3H3,(H,25,31). The number of anilines is 2. The number of carbonyl (C=O) groups excluding carboxylic acids is 2. The van der Waals surface area contributed by atoms with Crippen LogP contribution in [0.1, 0.15) is 55.2 Å². The van der Waals surface area contributed by atoms with E-state index in [0.29, 0.717) is 23.8 Å². The first-order valence-electron chi connectivity index (χ1n) is 11.3. The summed E-state index contributed by atoms with van der Waals surface area (Å²) in [6, 6.07) is 7.29. The average molecular weight is 498 g/mol. The number of hydrogen-bond donors (Lipinski definition) is 2. The van der Waals surface area contributed by atoms with Gasteiger partial charge in [0.05, 0.1) is 11.4 Å². The number of nitrogens with zero attached hydrogens (tertiary/aromatic N) is 5. The minimum absolute atomic E-state index is 0.113. The highest BCUT2D eigenvalue weighted by Gasteiger charge is 2.31. The largest absolute Gasteiger partial charge is 0.384 e. The van der Waals surface area contributed by atoms with Crippen molar-refractivity contribution < 1.29 is 9.59 Å². The fourth-order valence-electron chi connectivity index (χ4n) is 3.84. The van der Waals surface area contributed by atoms with E-state index in [4.69, 9.17) is 5.73 Å². The van der Waals surface area contributed by atoms with E-state index >= 15 is 0 Å². The van der Waals surface area contributed by atoms with Crippen molar-refractivity contribution in [3.8, 4) is 5.69 Å². The highest BCUT2D eigenvalue weighted by atomic mass is 32.2. The number of benzene rings is 1. The molecule has 0 spiro atoms. The molecule has 1 aromatic carbocycles. The molecule has 11 nitrogen and oxygen atoms in total. The normalized spacial score (nSPS) is 13.1. The molecule has 0 saturated heterocycles. The van der Waals surface area contributed by atoms with Crippen molar-refractivity contribution in [2.45, 2.75) is 50.7 Å². The second-order valence-corrected chi connectivity index (χ2v) is 9.39. The number of Topliss-reactive ketones (excluding diaryl/α,β-unsaturated/α-hetero) is 1. The molecule has 3 N–H and O–H groups in total. The zero-order valence-corrected chi connectivity index (χ0v) is 20.6. The number of nitrogens with two attached hydrogens (primary N) is 1. The Kier molecular flexibility index (Phi) is 6.92. The Hall–Kier alpha value is -3.67. The molecule has 3 aromatic rings. The van der Waals surface area contributed by atoms with Crippen LogP contribution < -0.4 is 22.3 Å². The zero-order chi connectivity index (χ0) is 25.3. The lowest BCUT2D eigenvalue weighted by molar-refractivity contribution is -0.114. The van der Waals surface area contributed by atoms with Crippen molar-refractivity contribution >= 4 is 35.0 Å². The van der Waals surface area contributed by atoms with Crippen molar-refractivity contribution in [3.63, 3.8) is 0 Å². The molecule has 2 aromatic heterocycles. The summed E-state index contributed by atoms with van der Waals surface area (Å²) in [4.78, 5) is 49.7. The number of amides is 1. The Morgan fingerprint density at radius 3 is 2.63 bits per heavy atom. The van der Waals surface area contributed by atoms with Crippen LogP contribution in [0, 0.1) is 0 Å². The summed E-state index contributed by atoms with van der Waals surface area (Å²) in [6.45, 7) is 3.61. The Labute approximate surface area is 205 Å². The highest BCUT2D eigenvalue weighted by Crippen LogP contribution is 2.41. The summed E-state index contributed by atoms with van der Waals surface area (Å²) < 4.78 is 4.03. The Morgan fingerprint density at radius 2 is 1.97 bits per heavy atom. The van der Waals surface area contributed by atoms with Gasteiger partial charge in [0.25, 0.3) is 5.56 Å². The topological polar surface area (TPSA) is 147 Å². The number of thioether (sulfide) groups is 1. The van der Waals surface area contributed by atoms with Gasteiger partial charge in [0.1, 0.15) is 17.2 Å². The summed E-state index contributed by atoms with van der Waals surface area (Å²) in [5, 5.41) is 11.9. The number of nitrogens with one attached hydrogen (secondary N) is 1. The molecule has 1 aliphatic rings. The van der Waals surface area contributed by atoms with E-state index in [1.54, 1.807) is 6.07 Å². The second-order valence-electron chi connectivity index (χ2n) is 8.45. The van der Waals surface area contributed by atoms with Crippen LogP contribution in [0.4, 0.5) is 11.5 Å². The van der Waals surface area contributed by atoms with E-state index in [2.05, 4.69) is 15.5 Å². The van der Waals surface area contributed by atoms with Gasteiger partial charge in [-0.2, -0.15) is 0 Å². The summed E-state index contributed by atoms with van der Waals surface area (Å²) >= 11 is 1.14. The molecule has 12 heteroatoms. The molecule has 0 radical (unpaired) electrons. The maximum absolute atomic E-state index is 13.1. The quantitative estimate of drug-likeness (QED) is 0.337. The van der Waals surface area contributed by atoms with E-state index in [1.165, 1.54) is 18.5 Å². The zero-order valence-electron chi connectivity index (χ0n) is 19.8. The monoisotopic (exact) mass is 497 g/mol. The fourth-order valence-corrected chi connectivity index (χ4v) is 4.67. The summed E-state index contributed by atoms with van der Waals surface area (Å²) in [5.41, 5.74) is 6.01. The molecule has 184 valence electrons. The van der Waals surface area contributed by atoms with Gasteiger partial charge in [-0.15, -0.1) is 10.2 Å². The number of hydrogen-bond acceptors (Lipinski definition) is 8. The van der Waals surface area contributed by atoms with Crippen LogP contribution >= 0.6 is 11.8 Å². The molecule has 35 heavy (non-hydrogen) atoms. The average Bonchev–Trinajstić information content (AvgIpc) is 3.58. The summed E-state index contributed by atoms with van der Waals surface area (Å²) in [5.74, 6) is 0.153. The van der Waals surface area contributed by atoms with Gasteiger partial charge >= 0.3 is 5.69 Å². The minimum atomic E-state index is -0.714. The van der Waals surface area contributed by atoms with Gasteiger partial charge in [-0.25, -0.2) is 4.79 Å². The van der Waals surface area contributed by atoms with Crippen LogP contribution in [0.15, 0.2) is 39.0 Å². The van der Waals surface area contributed by atoms with Gasteiger partial charge in [-0.05, 0) is 37.5 Å².